The van der Waals surface area contributed by atoms with Gasteiger partial charge in [-0.2, -0.15) is 4.98 Å². The monoisotopic (exact) mass is 620 g/mol. The minimum Gasteiger partial charge on any atom is -0.416 e. The standard InChI is InChI=1S/C25H30Br2N6O3/c1-16-12-21(27)17(13-20(16)26)14-29-24-30-15-19(22(32-24)31-18-6-3-2-4-7-18)23(34)28-8-5-9-33-10-11-36-25(33)35/h10-13,15,18H,2-9,14H2,1H3,(H,28,34)(H2,29,30,31,32). The van der Waals surface area contributed by atoms with Gasteiger partial charge in [-0.1, -0.05) is 51.1 Å². The zero-order valence-corrected chi connectivity index (χ0v) is 23.3. The van der Waals surface area contributed by atoms with Gasteiger partial charge in [0.25, 0.3) is 5.91 Å². The molecule has 1 fully saturated rings. The molecule has 1 amide bonds. The molecule has 0 bridgehead atoms. The lowest BCUT2D eigenvalue weighted by atomic mass is 9.95. The predicted octanol–water partition coefficient (Wildman–Crippen LogP) is 5.24. The van der Waals surface area contributed by atoms with Crippen molar-refractivity contribution in [3.05, 3.63) is 67.0 Å². The number of hydrogen-bond acceptors (Lipinski definition) is 7. The Labute approximate surface area is 226 Å². The Morgan fingerprint density at radius 3 is 2.75 bits per heavy atom. The first-order valence-corrected chi connectivity index (χ1v) is 13.7. The van der Waals surface area contributed by atoms with Crippen molar-refractivity contribution in [1.82, 2.24) is 19.9 Å². The maximum absolute atomic E-state index is 13.0. The van der Waals surface area contributed by atoms with E-state index in [4.69, 9.17) is 4.42 Å². The Hall–Kier alpha value is -2.66. The highest BCUT2D eigenvalue weighted by atomic mass is 79.9. The van der Waals surface area contributed by atoms with Crippen LogP contribution in [0.1, 0.15) is 60.0 Å². The molecular weight excluding hydrogens is 592 g/mol. The van der Waals surface area contributed by atoms with Crippen LogP contribution in [0.25, 0.3) is 0 Å². The molecule has 1 saturated carbocycles. The molecule has 3 aromatic rings. The van der Waals surface area contributed by atoms with Crippen molar-refractivity contribution in [2.45, 2.75) is 64.6 Å². The molecule has 1 aromatic carbocycles. The highest BCUT2D eigenvalue weighted by Crippen LogP contribution is 2.27. The average molecular weight is 622 g/mol. The molecule has 2 aromatic heterocycles. The van der Waals surface area contributed by atoms with Gasteiger partial charge in [-0.05, 0) is 49.4 Å². The van der Waals surface area contributed by atoms with Gasteiger partial charge in [0, 0.05) is 47.0 Å². The fourth-order valence-electron chi connectivity index (χ4n) is 4.18. The van der Waals surface area contributed by atoms with E-state index in [2.05, 4.69) is 69.9 Å². The number of anilines is 2. The van der Waals surface area contributed by atoms with E-state index in [1.807, 2.05) is 6.92 Å². The lowest BCUT2D eigenvalue weighted by Crippen LogP contribution is -2.29. The number of halogens is 2. The largest absolute Gasteiger partial charge is 0.418 e. The van der Waals surface area contributed by atoms with E-state index in [0.717, 1.165) is 32.9 Å². The van der Waals surface area contributed by atoms with Crippen molar-refractivity contribution in [2.24, 2.45) is 0 Å². The van der Waals surface area contributed by atoms with Gasteiger partial charge in [-0.15, -0.1) is 0 Å². The van der Waals surface area contributed by atoms with Crippen LogP contribution in [0.3, 0.4) is 0 Å². The van der Waals surface area contributed by atoms with Crippen molar-refractivity contribution in [3.63, 3.8) is 0 Å². The summed E-state index contributed by atoms with van der Waals surface area (Å²) in [5.74, 6) is 0.339. The quantitative estimate of drug-likeness (QED) is 0.265. The molecule has 0 saturated heterocycles. The predicted molar refractivity (Wildman–Crippen MR) is 146 cm³/mol. The molecule has 0 aliphatic heterocycles. The number of amides is 1. The summed E-state index contributed by atoms with van der Waals surface area (Å²) in [5, 5.41) is 9.69. The Bertz CT molecular complexity index is 1250. The van der Waals surface area contributed by atoms with Gasteiger partial charge in [0.05, 0.1) is 0 Å². The van der Waals surface area contributed by atoms with E-state index in [0.29, 0.717) is 43.4 Å². The maximum atomic E-state index is 13.0. The Morgan fingerprint density at radius 1 is 1.19 bits per heavy atom. The van der Waals surface area contributed by atoms with Crippen LogP contribution in [0, 0.1) is 6.92 Å². The summed E-state index contributed by atoms with van der Waals surface area (Å²) >= 11 is 7.20. The molecule has 11 heteroatoms. The minimum absolute atomic E-state index is 0.246. The Morgan fingerprint density at radius 2 is 2.00 bits per heavy atom. The molecule has 192 valence electrons. The lowest BCUT2D eigenvalue weighted by molar-refractivity contribution is 0.0953. The summed E-state index contributed by atoms with van der Waals surface area (Å²) in [6.07, 6.45) is 10.8. The second kappa shape index (κ2) is 12.5. The number of hydrogen-bond donors (Lipinski definition) is 3. The van der Waals surface area contributed by atoms with Crippen molar-refractivity contribution in [2.75, 3.05) is 17.2 Å². The molecule has 2 heterocycles. The van der Waals surface area contributed by atoms with Gasteiger partial charge in [0.2, 0.25) is 5.95 Å². The molecular formula is C25H30Br2N6O3. The molecule has 9 nitrogen and oxygen atoms in total. The van der Waals surface area contributed by atoms with Crippen LogP contribution in [0.5, 0.6) is 0 Å². The van der Waals surface area contributed by atoms with Gasteiger partial charge >= 0.3 is 5.76 Å². The molecule has 36 heavy (non-hydrogen) atoms. The molecule has 4 rings (SSSR count). The summed E-state index contributed by atoms with van der Waals surface area (Å²) < 4.78 is 8.27. The number of aromatic nitrogens is 3. The van der Waals surface area contributed by atoms with Crippen molar-refractivity contribution in [1.29, 1.82) is 0 Å². The fraction of sp³-hybridized carbons (Fsp3) is 0.440. The number of nitrogens with zero attached hydrogens (tertiary/aromatic N) is 3. The number of benzene rings is 1. The normalized spacial score (nSPS) is 14.0. The van der Waals surface area contributed by atoms with Crippen LogP contribution < -0.4 is 21.7 Å². The van der Waals surface area contributed by atoms with E-state index in [1.54, 1.807) is 12.4 Å². The molecule has 0 atom stereocenters. The number of carbonyl (C=O) groups excluding carboxylic acids is 1. The highest BCUT2D eigenvalue weighted by molar-refractivity contribution is 9.11. The summed E-state index contributed by atoms with van der Waals surface area (Å²) in [5.41, 5.74) is 2.62. The van der Waals surface area contributed by atoms with E-state index in [-0.39, 0.29) is 11.9 Å². The lowest BCUT2D eigenvalue weighted by Gasteiger charge is -2.24. The van der Waals surface area contributed by atoms with Crippen LogP contribution >= 0.6 is 31.9 Å². The summed E-state index contributed by atoms with van der Waals surface area (Å²) in [4.78, 5) is 33.6. The summed E-state index contributed by atoms with van der Waals surface area (Å²) in [6, 6.07) is 4.41. The number of rotatable bonds is 10. The van der Waals surface area contributed by atoms with Crippen LogP contribution in [0.2, 0.25) is 0 Å². The second-order valence-electron chi connectivity index (χ2n) is 8.95. The Balaban J connectivity index is 1.44. The molecule has 3 N–H and O–H groups in total. The molecule has 1 aliphatic carbocycles. The van der Waals surface area contributed by atoms with Crippen LogP contribution in [-0.4, -0.2) is 33.0 Å². The minimum atomic E-state index is -0.401. The van der Waals surface area contributed by atoms with Crippen molar-refractivity contribution in [3.8, 4) is 0 Å². The maximum Gasteiger partial charge on any atom is 0.418 e. The summed E-state index contributed by atoms with van der Waals surface area (Å²) in [7, 11) is 0. The van der Waals surface area contributed by atoms with E-state index < -0.39 is 5.76 Å². The van der Waals surface area contributed by atoms with E-state index >= 15 is 0 Å². The third-order valence-electron chi connectivity index (χ3n) is 6.25. The van der Waals surface area contributed by atoms with E-state index in [1.165, 1.54) is 30.1 Å². The van der Waals surface area contributed by atoms with Crippen LogP contribution in [0.4, 0.5) is 11.8 Å². The zero-order chi connectivity index (χ0) is 25.5. The van der Waals surface area contributed by atoms with Gasteiger partial charge in [-0.3, -0.25) is 9.36 Å². The van der Waals surface area contributed by atoms with Gasteiger partial charge in [-0.25, -0.2) is 9.78 Å². The van der Waals surface area contributed by atoms with Crippen molar-refractivity contribution >= 4 is 49.5 Å². The molecule has 0 unspecified atom stereocenters. The smallest absolute Gasteiger partial charge is 0.416 e. The third kappa shape index (κ3) is 6.97. The molecule has 0 radical (unpaired) electrons. The first-order chi connectivity index (χ1) is 17.4. The Kier molecular flexibility index (Phi) is 9.19. The third-order valence-corrected chi connectivity index (χ3v) is 7.84. The van der Waals surface area contributed by atoms with Crippen LogP contribution in [0.15, 0.2) is 48.9 Å². The summed E-state index contributed by atoms with van der Waals surface area (Å²) in [6.45, 7) is 3.45. The number of oxazole rings is 1. The van der Waals surface area contributed by atoms with Crippen molar-refractivity contribution < 1.29 is 9.21 Å². The van der Waals surface area contributed by atoms with Gasteiger partial charge in [0.1, 0.15) is 17.6 Å². The second-order valence-corrected chi connectivity index (χ2v) is 10.7. The average Bonchev–Trinajstić information content (AvgIpc) is 3.28. The SMILES string of the molecule is Cc1cc(Br)c(CNc2ncc(C(=O)NCCCn3ccoc3=O)c(NC3CCCCC3)n2)cc1Br. The van der Waals surface area contributed by atoms with Gasteiger partial charge in [0.15, 0.2) is 0 Å². The molecule has 1 aliphatic rings. The van der Waals surface area contributed by atoms with E-state index in [9.17, 15) is 9.59 Å². The number of aryl methyl sites for hydroxylation is 2. The number of nitrogens with one attached hydrogen (secondary N) is 3. The van der Waals surface area contributed by atoms with Gasteiger partial charge < -0.3 is 20.4 Å². The first-order valence-electron chi connectivity index (χ1n) is 12.1. The zero-order valence-electron chi connectivity index (χ0n) is 20.2. The first kappa shape index (κ1) is 26.4. The molecule has 0 spiro atoms. The number of carbonyl (C=O) groups is 1. The fourth-order valence-corrected chi connectivity index (χ4v) is 5.17. The topological polar surface area (TPSA) is 114 Å². The highest BCUT2D eigenvalue weighted by Gasteiger charge is 2.20. The van der Waals surface area contributed by atoms with Crippen LogP contribution in [-0.2, 0) is 13.1 Å².